The van der Waals surface area contributed by atoms with Gasteiger partial charge in [0.25, 0.3) is 5.56 Å². The molecule has 3 N–H and O–H groups in total. The van der Waals surface area contributed by atoms with E-state index in [-0.39, 0.29) is 22.5 Å². The number of benzene rings is 1. The largest absolute Gasteiger partial charge is 0.384 e. The molecule has 126 valence electrons. The van der Waals surface area contributed by atoms with E-state index in [4.69, 9.17) is 17.3 Å². The molecule has 0 saturated carbocycles. The predicted octanol–water partition coefficient (Wildman–Crippen LogP) is 2.93. The van der Waals surface area contributed by atoms with Gasteiger partial charge in [-0.05, 0) is 31.4 Å². The first-order valence-electron chi connectivity index (χ1n) is 7.90. The van der Waals surface area contributed by atoms with E-state index in [0.717, 1.165) is 37.2 Å². The van der Waals surface area contributed by atoms with Crippen molar-refractivity contribution in [1.29, 1.82) is 10.5 Å². The summed E-state index contributed by atoms with van der Waals surface area (Å²) < 4.78 is 0. The van der Waals surface area contributed by atoms with E-state index in [1.54, 1.807) is 6.07 Å². The molecule has 0 radical (unpaired) electrons. The maximum absolute atomic E-state index is 12.1. The summed E-state index contributed by atoms with van der Waals surface area (Å²) in [5.74, 6) is -0.0705. The third-order valence-corrected chi connectivity index (χ3v) is 5.03. The van der Waals surface area contributed by atoms with E-state index in [0.29, 0.717) is 10.6 Å². The monoisotopic (exact) mass is 353 g/mol. The summed E-state index contributed by atoms with van der Waals surface area (Å²) in [5.41, 5.74) is 7.56. The van der Waals surface area contributed by atoms with Gasteiger partial charge in [0, 0.05) is 29.9 Å². The molecule has 1 aromatic carbocycles. The lowest BCUT2D eigenvalue weighted by Crippen LogP contribution is -2.19. The van der Waals surface area contributed by atoms with Gasteiger partial charge in [-0.3, -0.25) is 4.79 Å². The van der Waals surface area contributed by atoms with E-state index in [9.17, 15) is 15.3 Å². The molecule has 0 amide bonds. The second kappa shape index (κ2) is 6.51. The molecule has 0 aliphatic carbocycles. The molecular weight excluding hydrogens is 338 g/mol. The molecule has 1 fully saturated rings. The molecule has 1 aliphatic rings. The molecular formula is C18H16ClN5O. The highest BCUT2D eigenvalue weighted by Crippen LogP contribution is 2.39. The first kappa shape index (κ1) is 16.9. The maximum atomic E-state index is 12.1. The van der Waals surface area contributed by atoms with Crippen LogP contribution in [0.15, 0.2) is 16.9 Å². The highest BCUT2D eigenvalue weighted by atomic mass is 35.5. The van der Waals surface area contributed by atoms with Crippen LogP contribution in [0.5, 0.6) is 0 Å². The SMILES string of the molecule is Cc1c(N2CCCC2)ccc(-c2c(C#N)c(N)[nH]c(=O)c2C#N)c1Cl. The van der Waals surface area contributed by atoms with Crippen LogP contribution < -0.4 is 16.2 Å². The number of nitrogen functional groups attached to an aromatic ring is 1. The Hall–Kier alpha value is -2.96. The molecule has 1 aromatic heterocycles. The van der Waals surface area contributed by atoms with Crippen molar-refractivity contribution in [3.05, 3.63) is 44.2 Å². The van der Waals surface area contributed by atoms with Crippen LogP contribution in [0, 0.1) is 29.6 Å². The van der Waals surface area contributed by atoms with Crippen molar-refractivity contribution in [1.82, 2.24) is 4.98 Å². The standard InChI is InChI=1S/C18H16ClN5O/c1-10-14(24-6-2-3-7-24)5-4-11(16(10)19)15-12(8-20)17(22)23-18(25)13(15)9-21/h4-5H,2-3,6-7H2,1H3,(H3,22,23,25). The number of aromatic nitrogens is 1. The third kappa shape index (κ3) is 2.71. The zero-order valence-corrected chi connectivity index (χ0v) is 14.4. The van der Waals surface area contributed by atoms with Crippen molar-refractivity contribution in [2.24, 2.45) is 0 Å². The number of nitriles is 2. The average Bonchev–Trinajstić information content (AvgIpc) is 3.11. The fourth-order valence-corrected chi connectivity index (χ4v) is 3.54. The van der Waals surface area contributed by atoms with Crippen LogP contribution in [0.4, 0.5) is 11.5 Å². The van der Waals surface area contributed by atoms with Gasteiger partial charge in [-0.1, -0.05) is 17.7 Å². The minimum atomic E-state index is -0.633. The number of pyridine rings is 1. The van der Waals surface area contributed by atoms with E-state index in [1.165, 1.54) is 0 Å². The number of nitrogens with two attached hydrogens (primary N) is 1. The summed E-state index contributed by atoms with van der Waals surface area (Å²) in [6.45, 7) is 3.84. The van der Waals surface area contributed by atoms with Crippen LogP contribution in [0.1, 0.15) is 29.5 Å². The van der Waals surface area contributed by atoms with Gasteiger partial charge in [0.15, 0.2) is 0 Å². The highest BCUT2D eigenvalue weighted by molar-refractivity contribution is 6.34. The van der Waals surface area contributed by atoms with Crippen molar-refractivity contribution in [2.75, 3.05) is 23.7 Å². The van der Waals surface area contributed by atoms with E-state index < -0.39 is 5.56 Å². The quantitative estimate of drug-likeness (QED) is 0.862. The summed E-state index contributed by atoms with van der Waals surface area (Å²) in [7, 11) is 0. The van der Waals surface area contributed by atoms with Gasteiger partial charge in [-0.25, -0.2) is 0 Å². The Bertz CT molecular complexity index is 990. The van der Waals surface area contributed by atoms with Gasteiger partial charge >= 0.3 is 0 Å². The summed E-state index contributed by atoms with van der Waals surface area (Å²) in [6.07, 6.45) is 2.28. The van der Waals surface area contributed by atoms with Gasteiger partial charge in [0.05, 0.1) is 5.02 Å². The van der Waals surface area contributed by atoms with Crippen molar-refractivity contribution in [3.8, 4) is 23.3 Å². The zero-order chi connectivity index (χ0) is 18.1. The van der Waals surface area contributed by atoms with Crippen molar-refractivity contribution in [3.63, 3.8) is 0 Å². The Kier molecular flexibility index (Phi) is 4.39. The Morgan fingerprint density at radius 2 is 1.84 bits per heavy atom. The van der Waals surface area contributed by atoms with Crippen molar-refractivity contribution >= 4 is 23.1 Å². The fraction of sp³-hybridized carbons (Fsp3) is 0.278. The molecule has 6 nitrogen and oxygen atoms in total. The molecule has 0 bridgehead atoms. The van der Waals surface area contributed by atoms with Crippen LogP contribution in [0.25, 0.3) is 11.1 Å². The Morgan fingerprint density at radius 3 is 2.44 bits per heavy atom. The number of anilines is 2. The number of halogens is 1. The van der Waals surface area contributed by atoms with Crippen LogP contribution in [-0.4, -0.2) is 18.1 Å². The molecule has 2 aromatic rings. The summed E-state index contributed by atoms with van der Waals surface area (Å²) >= 11 is 6.58. The molecule has 25 heavy (non-hydrogen) atoms. The fourth-order valence-electron chi connectivity index (χ4n) is 3.28. The number of hydrogen-bond acceptors (Lipinski definition) is 5. The van der Waals surface area contributed by atoms with Gasteiger partial charge in [-0.15, -0.1) is 0 Å². The molecule has 0 spiro atoms. The minimum Gasteiger partial charge on any atom is -0.384 e. The number of nitrogens with one attached hydrogen (secondary N) is 1. The zero-order valence-electron chi connectivity index (χ0n) is 13.7. The third-order valence-electron chi connectivity index (χ3n) is 4.54. The van der Waals surface area contributed by atoms with Gasteiger partial charge in [-0.2, -0.15) is 10.5 Å². The number of H-pyrrole nitrogens is 1. The Labute approximate surface area is 150 Å². The lowest BCUT2D eigenvalue weighted by Gasteiger charge is -2.22. The number of rotatable bonds is 2. The van der Waals surface area contributed by atoms with Crippen LogP contribution >= 0.6 is 11.6 Å². The van der Waals surface area contributed by atoms with Crippen molar-refractivity contribution < 1.29 is 0 Å². The molecule has 1 saturated heterocycles. The second-order valence-corrected chi connectivity index (χ2v) is 6.36. The predicted molar refractivity (Wildman–Crippen MR) is 97.5 cm³/mol. The molecule has 3 rings (SSSR count). The molecule has 0 unspecified atom stereocenters. The summed E-state index contributed by atoms with van der Waals surface area (Å²) in [4.78, 5) is 16.7. The number of nitrogens with zero attached hydrogens (tertiary/aromatic N) is 3. The average molecular weight is 354 g/mol. The van der Waals surface area contributed by atoms with E-state index >= 15 is 0 Å². The maximum Gasteiger partial charge on any atom is 0.268 e. The minimum absolute atomic E-state index is 0.0476. The van der Waals surface area contributed by atoms with E-state index in [2.05, 4.69) is 9.88 Å². The Balaban J connectivity index is 2.28. The van der Waals surface area contributed by atoms with Crippen molar-refractivity contribution in [2.45, 2.75) is 19.8 Å². The van der Waals surface area contributed by atoms with Crippen LogP contribution in [-0.2, 0) is 0 Å². The smallest absolute Gasteiger partial charge is 0.268 e. The molecule has 1 aliphatic heterocycles. The Morgan fingerprint density at radius 1 is 1.20 bits per heavy atom. The molecule has 2 heterocycles. The summed E-state index contributed by atoms with van der Waals surface area (Å²) in [5, 5.41) is 19.3. The van der Waals surface area contributed by atoms with E-state index in [1.807, 2.05) is 25.1 Å². The lowest BCUT2D eigenvalue weighted by molar-refractivity contribution is 0.949. The van der Waals surface area contributed by atoms with Crippen LogP contribution in [0.2, 0.25) is 5.02 Å². The lowest BCUT2D eigenvalue weighted by atomic mass is 9.94. The van der Waals surface area contributed by atoms with Gasteiger partial charge in [0.2, 0.25) is 0 Å². The highest BCUT2D eigenvalue weighted by Gasteiger charge is 2.23. The van der Waals surface area contributed by atoms with Gasteiger partial charge < -0.3 is 15.6 Å². The molecule has 7 heteroatoms. The van der Waals surface area contributed by atoms with Gasteiger partial charge in [0.1, 0.15) is 29.1 Å². The second-order valence-electron chi connectivity index (χ2n) is 5.98. The van der Waals surface area contributed by atoms with Crippen LogP contribution in [0.3, 0.4) is 0 Å². The topological polar surface area (TPSA) is 110 Å². The first-order valence-corrected chi connectivity index (χ1v) is 8.27. The first-order chi connectivity index (χ1) is 12.0. The normalized spacial score (nSPS) is 13.5. The summed E-state index contributed by atoms with van der Waals surface area (Å²) in [6, 6.07) is 7.49. The number of aromatic amines is 1. The molecule has 0 atom stereocenters. The number of hydrogen-bond donors (Lipinski definition) is 2.